The molecule has 2 aromatic heterocycles. The summed E-state index contributed by atoms with van der Waals surface area (Å²) >= 11 is 0.782. The second kappa shape index (κ2) is 5.52. The molecule has 0 aromatic carbocycles. The lowest BCUT2D eigenvalue weighted by Gasteiger charge is -2.01. The van der Waals surface area contributed by atoms with Crippen molar-refractivity contribution in [3.8, 4) is 0 Å². The number of hydrogen-bond acceptors (Lipinski definition) is 8. The first-order chi connectivity index (χ1) is 9.44. The molecule has 0 fully saturated rings. The second-order valence-corrected chi connectivity index (χ2v) is 6.59. The van der Waals surface area contributed by atoms with E-state index in [1.807, 2.05) is 0 Å². The van der Waals surface area contributed by atoms with Crippen LogP contribution in [0.4, 0.5) is 10.7 Å². The first-order valence-electron chi connectivity index (χ1n) is 5.24. The number of nitrogens with zero attached hydrogens (tertiary/aromatic N) is 3. The molecule has 3 N–H and O–H groups in total. The fourth-order valence-electron chi connectivity index (χ4n) is 1.36. The van der Waals surface area contributed by atoms with Gasteiger partial charge in [-0.3, -0.25) is 15.2 Å². The Kier molecular flexibility index (Phi) is 3.96. The van der Waals surface area contributed by atoms with Gasteiger partial charge in [-0.2, -0.15) is 5.10 Å². The molecule has 0 aliphatic rings. The molecule has 108 valence electrons. The van der Waals surface area contributed by atoms with E-state index < -0.39 is 14.9 Å². The van der Waals surface area contributed by atoms with Crippen LogP contribution in [0.15, 0.2) is 16.6 Å². The maximum atomic E-state index is 12.0. The Balaban J connectivity index is 2.23. The molecule has 0 spiro atoms. The molecule has 0 bridgehead atoms. The van der Waals surface area contributed by atoms with Gasteiger partial charge < -0.3 is 5.32 Å². The lowest BCUT2D eigenvalue weighted by atomic mass is 10.5. The lowest BCUT2D eigenvalue weighted by molar-refractivity contribution is -0.383. The van der Waals surface area contributed by atoms with Crippen LogP contribution in [0.2, 0.25) is 0 Å². The summed E-state index contributed by atoms with van der Waals surface area (Å²) in [5.74, 6) is 0.341. The van der Waals surface area contributed by atoms with Gasteiger partial charge >= 0.3 is 5.69 Å². The maximum absolute atomic E-state index is 12.0. The van der Waals surface area contributed by atoms with Gasteiger partial charge in [0, 0.05) is 13.1 Å². The van der Waals surface area contributed by atoms with Crippen LogP contribution in [-0.2, 0) is 16.6 Å². The van der Waals surface area contributed by atoms with Crippen molar-refractivity contribution in [3.63, 3.8) is 0 Å². The SMILES string of the molecule is CNc1sc(S(=O)(=O)NCc2ncn[nH]2)cc1[N+](=O)[O-]. The molecule has 0 unspecified atom stereocenters. The summed E-state index contributed by atoms with van der Waals surface area (Å²) in [6.45, 7) is -0.0804. The van der Waals surface area contributed by atoms with Gasteiger partial charge in [-0.25, -0.2) is 18.1 Å². The Morgan fingerprint density at radius 3 is 2.80 bits per heavy atom. The Morgan fingerprint density at radius 2 is 2.30 bits per heavy atom. The number of H-pyrrole nitrogens is 1. The first-order valence-corrected chi connectivity index (χ1v) is 7.54. The predicted octanol–water partition coefficient (Wildman–Crippen LogP) is 0.295. The van der Waals surface area contributed by atoms with E-state index in [4.69, 9.17) is 0 Å². The Bertz CT molecular complexity index is 707. The fourth-order valence-corrected chi connectivity index (χ4v) is 3.67. The van der Waals surface area contributed by atoms with E-state index >= 15 is 0 Å². The van der Waals surface area contributed by atoms with Gasteiger partial charge in [-0.1, -0.05) is 11.3 Å². The van der Waals surface area contributed by atoms with Crippen LogP contribution in [-0.4, -0.2) is 35.6 Å². The molecule has 0 radical (unpaired) electrons. The van der Waals surface area contributed by atoms with Gasteiger partial charge in [-0.05, 0) is 0 Å². The standard InChI is InChI=1S/C8H10N6O4S2/c1-9-8-5(14(15)16)2-7(19-8)20(17,18)12-3-6-10-4-11-13-6/h2,4,9,12H,3H2,1H3,(H,10,11,13). The number of sulfonamides is 1. The second-order valence-electron chi connectivity index (χ2n) is 3.54. The molecule has 12 heteroatoms. The van der Waals surface area contributed by atoms with Crippen LogP contribution in [0.5, 0.6) is 0 Å². The molecule has 20 heavy (non-hydrogen) atoms. The quantitative estimate of drug-likeness (QED) is 0.513. The van der Waals surface area contributed by atoms with Crippen LogP contribution in [0, 0.1) is 10.1 Å². The van der Waals surface area contributed by atoms with Crippen molar-refractivity contribution in [2.24, 2.45) is 0 Å². The van der Waals surface area contributed by atoms with Gasteiger partial charge in [0.1, 0.15) is 16.4 Å². The molecule has 0 saturated carbocycles. The molecule has 0 amide bonds. The number of hydrogen-bond donors (Lipinski definition) is 3. The van der Waals surface area contributed by atoms with Crippen molar-refractivity contribution in [3.05, 3.63) is 28.3 Å². The number of thiophene rings is 1. The van der Waals surface area contributed by atoms with Gasteiger partial charge in [0.05, 0.1) is 11.5 Å². The molecular weight excluding hydrogens is 308 g/mol. The van der Waals surface area contributed by atoms with Crippen LogP contribution < -0.4 is 10.0 Å². The van der Waals surface area contributed by atoms with Crippen LogP contribution in [0.1, 0.15) is 5.82 Å². The highest BCUT2D eigenvalue weighted by Gasteiger charge is 2.25. The molecule has 0 saturated heterocycles. The van der Waals surface area contributed by atoms with E-state index in [9.17, 15) is 18.5 Å². The Morgan fingerprint density at radius 1 is 1.55 bits per heavy atom. The van der Waals surface area contributed by atoms with Crippen molar-refractivity contribution in [1.82, 2.24) is 19.9 Å². The number of nitro groups is 1. The fraction of sp³-hybridized carbons (Fsp3) is 0.250. The first kappa shape index (κ1) is 14.4. The zero-order valence-electron chi connectivity index (χ0n) is 10.2. The van der Waals surface area contributed by atoms with E-state index in [1.165, 1.54) is 13.4 Å². The summed E-state index contributed by atoms with van der Waals surface area (Å²) in [5, 5.41) is 19.7. The lowest BCUT2D eigenvalue weighted by Crippen LogP contribution is -2.23. The van der Waals surface area contributed by atoms with Crippen LogP contribution in [0.3, 0.4) is 0 Å². The molecule has 2 heterocycles. The average molecular weight is 318 g/mol. The highest BCUT2D eigenvalue weighted by atomic mass is 32.2. The molecule has 2 rings (SSSR count). The van der Waals surface area contributed by atoms with Crippen LogP contribution in [0.25, 0.3) is 0 Å². The normalized spacial score (nSPS) is 11.4. The van der Waals surface area contributed by atoms with Gasteiger partial charge in [0.2, 0.25) is 0 Å². The van der Waals surface area contributed by atoms with E-state index in [0.29, 0.717) is 5.82 Å². The summed E-state index contributed by atoms with van der Waals surface area (Å²) in [4.78, 5) is 13.9. The summed E-state index contributed by atoms with van der Waals surface area (Å²) in [6, 6.07) is 1.01. The van der Waals surface area contributed by atoms with E-state index in [1.54, 1.807) is 0 Å². The van der Waals surface area contributed by atoms with Gasteiger partial charge in [-0.15, -0.1) is 0 Å². The average Bonchev–Trinajstić information content (AvgIpc) is 3.05. The smallest absolute Gasteiger partial charge is 0.304 e. The highest BCUT2D eigenvalue weighted by Crippen LogP contribution is 2.36. The van der Waals surface area contributed by atoms with Crippen molar-refractivity contribution >= 4 is 32.0 Å². The topological polar surface area (TPSA) is 143 Å². The number of aromatic amines is 1. The third kappa shape index (κ3) is 2.92. The monoisotopic (exact) mass is 318 g/mol. The summed E-state index contributed by atoms with van der Waals surface area (Å²) in [5.41, 5.74) is -0.280. The molecule has 0 aliphatic heterocycles. The minimum atomic E-state index is -3.85. The van der Waals surface area contributed by atoms with Crippen LogP contribution >= 0.6 is 11.3 Å². The third-order valence-corrected chi connectivity index (χ3v) is 5.29. The predicted molar refractivity (Wildman–Crippen MR) is 70.9 cm³/mol. The van der Waals surface area contributed by atoms with Crippen molar-refractivity contribution in [2.75, 3.05) is 12.4 Å². The Hall–Kier alpha value is -2.05. The Labute approximate surface area is 117 Å². The zero-order valence-corrected chi connectivity index (χ0v) is 11.8. The minimum absolute atomic E-state index is 0.0804. The number of nitrogens with one attached hydrogen (secondary N) is 3. The van der Waals surface area contributed by atoms with Gasteiger partial charge in [0.25, 0.3) is 10.0 Å². The van der Waals surface area contributed by atoms with E-state index in [2.05, 4.69) is 25.2 Å². The van der Waals surface area contributed by atoms with E-state index in [-0.39, 0.29) is 21.4 Å². The van der Waals surface area contributed by atoms with Crippen molar-refractivity contribution < 1.29 is 13.3 Å². The number of rotatable bonds is 6. The number of aromatic nitrogens is 3. The third-order valence-electron chi connectivity index (χ3n) is 2.27. The summed E-state index contributed by atoms with van der Waals surface area (Å²) in [6.07, 6.45) is 1.25. The zero-order chi connectivity index (χ0) is 14.8. The maximum Gasteiger partial charge on any atom is 0.304 e. The van der Waals surface area contributed by atoms with Crippen molar-refractivity contribution in [2.45, 2.75) is 10.8 Å². The van der Waals surface area contributed by atoms with Crippen molar-refractivity contribution in [1.29, 1.82) is 0 Å². The molecule has 0 aliphatic carbocycles. The number of anilines is 1. The van der Waals surface area contributed by atoms with Gasteiger partial charge in [0.15, 0.2) is 5.00 Å². The largest absolute Gasteiger partial charge is 0.374 e. The highest BCUT2D eigenvalue weighted by molar-refractivity contribution is 7.91. The summed E-state index contributed by atoms with van der Waals surface area (Å²) < 4.78 is 26.2. The molecule has 2 aromatic rings. The summed E-state index contributed by atoms with van der Waals surface area (Å²) in [7, 11) is -2.36. The molecule has 0 atom stereocenters. The van der Waals surface area contributed by atoms with E-state index in [0.717, 1.165) is 17.4 Å². The molecule has 10 nitrogen and oxygen atoms in total. The minimum Gasteiger partial charge on any atom is -0.374 e. The molecular formula is C8H10N6O4S2.